The molecule has 116 valence electrons. The molecule has 0 aliphatic carbocycles. The largest absolute Gasteiger partial charge is 0.370 e. The van der Waals surface area contributed by atoms with Crippen LogP contribution in [0.3, 0.4) is 0 Å². The van der Waals surface area contributed by atoms with Crippen molar-refractivity contribution < 1.29 is 12.8 Å². The Morgan fingerprint density at radius 1 is 1.24 bits per heavy atom. The van der Waals surface area contributed by atoms with Gasteiger partial charge >= 0.3 is 0 Å². The Morgan fingerprint density at radius 3 is 2.57 bits per heavy atom. The van der Waals surface area contributed by atoms with Gasteiger partial charge in [0.25, 0.3) is 0 Å². The Morgan fingerprint density at radius 2 is 1.90 bits per heavy atom. The molecule has 0 radical (unpaired) electrons. The summed E-state index contributed by atoms with van der Waals surface area (Å²) < 4.78 is 37.6. The summed E-state index contributed by atoms with van der Waals surface area (Å²) in [5, 5.41) is 0. The third kappa shape index (κ3) is 4.17. The predicted octanol–water partition coefficient (Wildman–Crippen LogP) is 1.40. The minimum absolute atomic E-state index is 0.0407. The quantitative estimate of drug-likeness (QED) is 0.673. The maximum absolute atomic E-state index is 13.5. The zero-order chi connectivity index (χ0) is 15.3. The third-order valence-electron chi connectivity index (χ3n) is 3.49. The summed E-state index contributed by atoms with van der Waals surface area (Å²) in [6.07, 6.45) is 3.33. The lowest BCUT2D eigenvalue weighted by Gasteiger charge is -2.27. The highest BCUT2D eigenvalue weighted by Crippen LogP contribution is 2.15. The fourth-order valence-corrected chi connectivity index (χ4v) is 3.51. The number of hydrogen-bond acceptors (Lipinski definition) is 3. The van der Waals surface area contributed by atoms with Crippen molar-refractivity contribution in [2.24, 2.45) is 10.7 Å². The number of guanidine groups is 1. The predicted molar refractivity (Wildman–Crippen MR) is 80.4 cm³/mol. The van der Waals surface area contributed by atoms with Crippen LogP contribution >= 0.6 is 0 Å². The molecule has 0 spiro atoms. The van der Waals surface area contributed by atoms with E-state index < -0.39 is 15.7 Å². The van der Waals surface area contributed by atoms with E-state index in [0.717, 1.165) is 32.0 Å². The van der Waals surface area contributed by atoms with Gasteiger partial charge in [-0.25, -0.2) is 12.8 Å². The number of benzene rings is 1. The Hall–Kier alpha value is -1.63. The van der Waals surface area contributed by atoms with Crippen LogP contribution in [0.25, 0.3) is 0 Å². The highest BCUT2D eigenvalue weighted by Gasteiger charge is 2.18. The van der Waals surface area contributed by atoms with E-state index in [-0.39, 0.29) is 17.2 Å². The molecule has 2 N–H and O–H groups in total. The Bertz CT molecular complexity index is 610. The van der Waals surface area contributed by atoms with Crippen LogP contribution in [0, 0.1) is 5.82 Å². The van der Waals surface area contributed by atoms with Gasteiger partial charge in [-0.2, -0.15) is 0 Å². The first-order valence-electron chi connectivity index (χ1n) is 7.03. The number of likely N-dealkylation sites (tertiary alicyclic amines) is 1. The molecular weight excluding hydrogens is 293 g/mol. The number of piperidine rings is 1. The molecule has 1 saturated heterocycles. The van der Waals surface area contributed by atoms with Crippen molar-refractivity contribution in [1.29, 1.82) is 0 Å². The molecule has 1 aromatic carbocycles. The Balaban J connectivity index is 1.97. The van der Waals surface area contributed by atoms with Crippen LogP contribution in [-0.4, -0.2) is 44.7 Å². The molecule has 1 heterocycles. The molecule has 0 atom stereocenters. The van der Waals surface area contributed by atoms with Crippen LogP contribution in [0.15, 0.2) is 34.2 Å². The zero-order valence-corrected chi connectivity index (χ0v) is 12.7. The van der Waals surface area contributed by atoms with Crippen molar-refractivity contribution in [2.75, 3.05) is 25.4 Å². The molecule has 0 unspecified atom stereocenters. The molecule has 21 heavy (non-hydrogen) atoms. The number of sulfone groups is 1. The van der Waals surface area contributed by atoms with Gasteiger partial charge in [0, 0.05) is 13.1 Å². The van der Waals surface area contributed by atoms with Gasteiger partial charge in [-0.15, -0.1) is 0 Å². The average molecular weight is 313 g/mol. The van der Waals surface area contributed by atoms with Crippen molar-refractivity contribution in [3.8, 4) is 0 Å². The van der Waals surface area contributed by atoms with Crippen LogP contribution < -0.4 is 5.73 Å². The highest BCUT2D eigenvalue weighted by molar-refractivity contribution is 7.91. The Labute approximate surface area is 124 Å². The minimum Gasteiger partial charge on any atom is -0.370 e. The van der Waals surface area contributed by atoms with Gasteiger partial charge in [0.2, 0.25) is 0 Å². The van der Waals surface area contributed by atoms with Crippen molar-refractivity contribution in [3.63, 3.8) is 0 Å². The fraction of sp³-hybridized carbons (Fsp3) is 0.500. The van der Waals surface area contributed by atoms with E-state index in [1.807, 2.05) is 4.90 Å². The summed E-state index contributed by atoms with van der Waals surface area (Å²) in [5.41, 5.74) is 5.85. The summed E-state index contributed by atoms with van der Waals surface area (Å²) in [5.74, 6) is -0.605. The van der Waals surface area contributed by atoms with E-state index in [4.69, 9.17) is 5.73 Å². The topological polar surface area (TPSA) is 75.8 Å². The second-order valence-corrected chi connectivity index (χ2v) is 7.11. The molecular formula is C14H20FN3O2S. The van der Waals surface area contributed by atoms with E-state index in [2.05, 4.69) is 4.99 Å². The van der Waals surface area contributed by atoms with Crippen LogP contribution in [0.5, 0.6) is 0 Å². The van der Waals surface area contributed by atoms with Crippen molar-refractivity contribution in [2.45, 2.75) is 24.2 Å². The number of nitrogens with two attached hydrogens (primary N) is 1. The van der Waals surface area contributed by atoms with Crippen LogP contribution in [0.2, 0.25) is 0 Å². The summed E-state index contributed by atoms with van der Waals surface area (Å²) >= 11 is 0. The maximum Gasteiger partial charge on any atom is 0.191 e. The molecule has 0 aromatic heterocycles. The van der Waals surface area contributed by atoms with Crippen molar-refractivity contribution >= 4 is 15.8 Å². The average Bonchev–Trinajstić information content (AvgIpc) is 2.48. The number of aliphatic imine (C=N–C) groups is 1. The first-order chi connectivity index (χ1) is 10.0. The summed E-state index contributed by atoms with van der Waals surface area (Å²) in [4.78, 5) is 5.78. The highest BCUT2D eigenvalue weighted by atomic mass is 32.2. The van der Waals surface area contributed by atoms with Crippen molar-refractivity contribution in [3.05, 3.63) is 30.1 Å². The van der Waals surface area contributed by atoms with Gasteiger partial charge < -0.3 is 10.6 Å². The minimum atomic E-state index is -3.67. The van der Waals surface area contributed by atoms with Gasteiger partial charge in [-0.1, -0.05) is 12.1 Å². The molecule has 5 nitrogen and oxygen atoms in total. The molecule has 0 saturated carbocycles. The number of nitrogens with zero attached hydrogens (tertiary/aromatic N) is 2. The molecule has 1 fully saturated rings. The monoisotopic (exact) mass is 313 g/mol. The third-order valence-corrected chi connectivity index (χ3v) is 5.21. The smallest absolute Gasteiger partial charge is 0.191 e. The first-order valence-corrected chi connectivity index (χ1v) is 8.68. The van der Waals surface area contributed by atoms with Crippen LogP contribution in [0.4, 0.5) is 4.39 Å². The van der Waals surface area contributed by atoms with Crippen molar-refractivity contribution in [1.82, 2.24) is 4.90 Å². The van der Waals surface area contributed by atoms with Gasteiger partial charge in [0.1, 0.15) is 10.7 Å². The second-order valence-electron chi connectivity index (χ2n) is 5.04. The fourth-order valence-electron chi connectivity index (χ4n) is 2.31. The van der Waals surface area contributed by atoms with Gasteiger partial charge in [0.05, 0.1) is 12.3 Å². The Kier molecular flexibility index (Phi) is 5.17. The molecule has 1 aliphatic heterocycles. The van der Waals surface area contributed by atoms with E-state index in [1.54, 1.807) is 0 Å². The SMILES string of the molecule is NC(=NCCS(=O)(=O)c1ccccc1F)N1CCCCC1. The van der Waals surface area contributed by atoms with Crippen LogP contribution in [-0.2, 0) is 9.84 Å². The molecule has 2 rings (SSSR count). The molecule has 7 heteroatoms. The zero-order valence-electron chi connectivity index (χ0n) is 11.8. The number of hydrogen-bond donors (Lipinski definition) is 1. The molecule has 0 bridgehead atoms. The number of rotatable bonds is 4. The lowest BCUT2D eigenvalue weighted by Crippen LogP contribution is -2.41. The lowest BCUT2D eigenvalue weighted by molar-refractivity contribution is 0.338. The van der Waals surface area contributed by atoms with Gasteiger partial charge in [-0.3, -0.25) is 4.99 Å². The first kappa shape index (κ1) is 15.8. The van der Waals surface area contributed by atoms with E-state index >= 15 is 0 Å². The van der Waals surface area contributed by atoms with Gasteiger partial charge in [-0.05, 0) is 31.4 Å². The lowest BCUT2D eigenvalue weighted by atomic mass is 10.1. The normalized spacial score (nSPS) is 17.0. The molecule has 1 aliphatic rings. The summed E-state index contributed by atoms with van der Waals surface area (Å²) in [7, 11) is -3.67. The summed E-state index contributed by atoms with van der Waals surface area (Å²) in [6, 6.07) is 5.36. The summed E-state index contributed by atoms with van der Waals surface area (Å²) in [6.45, 7) is 1.75. The van der Waals surface area contributed by atoms with E-state index in [9.17, 15) is 12.8 Å². The van der Waals surface area contributed by atoms with E-state index in [0.29, 0.717) is 5.96 Å². The standard InChI is InChI=1S/C14H20FN3O2S/c15-12-6-2-3-7-13(12)21(19,20)11-8-17-14(16)18-9-4-1-5-10-18/h2-3,6-7H,1,4-5,8-11H2,(H2,16,17). The number of halogens is 1. The molecule has 1 aromatic rings. The van der Waals surface area contributed by atoms with E-state index in [1.165, 1.54) is 24.6 Å². The van der Waals surface area contributed by atoms with Crippen LogP contribution in [0.1, 0.15) is 19.3 Å². The maximum atomic E-state index is 13.5. The van der Waals surface area contributed by atoms with Gasteiger partial charge in [0.15, 0.2) is 15.8 Å². The molecule has 0 amide bonds. The second kappa shape index (κ2) is 6.89.